The molecule has 3 aromatic rings. The number of piperazine rings is 1. The zero-order valence-electron chi connectivity index (χ0n) is 24.4. The highest BCUT2D eigenvalue weighted by molar-refractivity contribution is 7.89. The van der Waals surface area contributed by atoms with Gasteiger partial charge in [0.15, 0.2) is 0 Å². The Labute approximate surface area is 256 Å². The van der Waals surface area contributed by atoms with Gasteiger partial charge >= 0.3 is 0 Å². The largest absolute Gasteiger partial charge is 0.326 e. The van der Waals surface area contributed by atoms with Crippen molar-refractivity contribution >= 4 is 21.6 Å². The molecule has 1 aliphatic carbocycles. The molecule has 2 aliphatic rings. The van der Waals surface area contributed by atoms with Crippen molar-refractivity contribution in [3.8, 4) is 0 Å². The number of hydrogen-bond donors (Lipinski definition) is 2. The number of allylic oxidation sites excluding steroid dienone is 4. The van der Waals surface area contributed by atoms with E-state index in [9.17, 15) is 22.0 Å². The highest BCUT2D eigenvalue weighted by atomic mass is 32.2. The number of anilines is 1. The Morgan fingerprint density at radius 2 is 1.80 bits per heavy atom. The minimum atomic E-state index is -3.77. The van der Waals surface area contributed by atoms with Gasteiger partial charge in [-0.25, -0.2) is 21.6 Å². The molecule has 5 rings (SSSR count). The number of hydrogen-bond acceptors (Lipinski definition) is 4. The molecule has 0 spiro atoms. The third-order valence-corrected chi connectivity index (χ3v) is 10.1. The lowest BCUT2D eigenvalue weighted by atomic mass is 9.85. The van der Waals surface area contributed by atoms with Crippen LogP contribution in [0.25, 0.3) is 0 Å². The minimum Gasteiger partial charge on any atom is -0.326 e. The van der Waals surface area contributed by atoms with E-state index in [0.29, 0.717) is 24.2 Å². The normalized spacial score (nSPS) is 21.5. The summed E-state index contributed by atoms with van der Waals surface area (Å²) in [4.78, 5) is 13.6. The number of benzene rings is 3. The summed E-state index contributed by atoms with van der Waals surface area (Å²) in [5.74, 6) is -1.75. The van der Waals surface area contributed by atoms with Gasteiger partial charge in [0, 0.05) is 55.2 Å². The molecule has 0 radical (unpaired) electrons. The molecular formula is C34H36F3N3O3S. The van der Waals surface area contributed by atoms with Crippen molar-refractivity contribution in [2.75, 3.05) is 18.4 Å². The zero-order chi connectivity index (χ0) is 31.3. The third kappa shape index (κ3) is 7.49. The Bertz CT molecular complexity index is 1630. The Hall–Kier alpha value is -3.73. The maximum Gasteiger partial charge on any atom is 0.243 e. The van der Waals surface area contributed by atoms with Crippen LogP contribution < -0.4 is 10.6 Å². The monoisotopic (exact) mass is 623 g/mol. The first kappa shape index (κ1) is 31.7. The molecule has 2 unspecified atom stereocenters. The van der Waals surface area contributed by atoms with Crippen LogP contribution in [-0.4, -0.2) is 50.0 Å². The van der Waals surface area contributed by atoms with Gasteiger partial charge in [-0.05, 0) is 67.3 Å². The lowest BCUT2D eigenvalue weighted by Gasteiger charge is -2.38. The van der Waals surface area contributed by atoms with Crippen LogP contribution in [0.3, 0.4) is 0 Å². The summed E-state index contributed by atoms with van der Waals surface area (Å²) in [5, 5.41) is 6.18. The van der Waals surface area contributed by atoms with E-state index in [4.69, 9.17) is 0 Å². The molecule has 2 N–H and O–H groups in total. The fraction of sp³-hybridized carbons (Fsp3) is 0.324. The minimum absolute atomic E-state index is 0.0256. The lowest BCUT2D eigenvalue weighted by Crippen LogP contribution is -2.57. The Balaban J connectivity index is 1.33. The predicted molar refractivity (Wildman–Crippen MR) is 165 cm³/mol. The van der Waals surface area contributed by atoms with Crippen LogP contribution in [0.2, 0.25) is 0 Å². The number of halogens is 3. The van der Waals surface area contributed by atoms with E-state index in [2.05, 4.69) is 10.6 Å². The van der Waals surface area contributed by atoms with Crippen molar-refractivity contribution in [3.05, 3.63) is 119 Å². The van der Waals surface area contributed by atoms with Gasteiger partial charge in [0.25, 0.3) is 0 Å². The first-order valence-corrected chi connectivity index (χ1v) is 16.2. The molecule has 1 saturated heterocycles. The average Bonchev–Trinajstić information content (AvgIpc) is 3.01. The third-order valence-electron chi connectivity index (χ3n) is 8.17. The van der Waals surface area contributed by atoms with Crippen LogP contribution in [-0.2, 0) is 21.2 Å². The Kier molecular flexibility index (Phi) is 10.0. The number of nitrogens with zero attached hydrogens (tertiary/aromatic N) is 1. The smallest absolute Gasteiger partial charge is 0.243 e. The average molecular weight is 624 g/mol. The van der Waals surface area contributed by atoms with Crippen molar-refractivity contribution < 1.29 is 26.4 Å². The van der Waals surface area contributed by atoms with Crippen LogP contribution in [0.4, 0.5) is 18.9 Å². The molecule has 1 aliphatic heterocycles. The SMILES string of the molecule is C[C@H]1CN(S(=O)(=O)c2ccccc2)[C@@H](CCc2c(F)cccc2NC(=O)CC(C2=CCC(F)C=C2)c2ccc(F)cc2)CN1. The molecule has 6 nitrogen and oxygen atoms in total. The summed E-state index contributed by atoms with van der Waals surface area (Å²) in [6, 6.07) is 18.1. The first-order valence-electron chi connectivity index (χ1n) is 14.8. The number of amides is 1. The standard InChI is InChI=1S/C34H36F3N3O3S/c1-23-22-40(44(42,43)29-6-3-2-4-7-29)28(21-38-23)18-19-30-32(37)8-5-9-33(30)39-34(41)20-31(24-10-14-26(35)15-11-24)25-12-16-27(36)17-13-25/h2-16,23,27-28,31,38H,17-22H2,1H3,(H,39,41)/t23-,27?,28-,31?/m0/s1. The van der Waals surface area contributed by atoms with Crippen LogP contribution in [0.1, 0.15) is 43.2 Å². The summed E-state index contributed by atoms with van der Waals surface area (Å²) >= 11 is 0. The van der Waals surface area contributed by atoms with Crippen molar-refractivity contribution in [1.82, 2.24) is 9.62 Å². The van der Waals surface area contributed by atoms with Crippen LogP contribution >= 0.6 is 0 Å². The summed E-state index contributed by atoms with van der Waals surface area (Å²) in [6.45, 7) is 2.61. The maximum absolute atomic E-state index is 15.2. The Morgan fingerprint density at radius 3 is 2.50 bits per heavy atom. The van der Waals surface area contributed by atoms with Crippen LogP contribution in [0.5, 0.6) is 0 Å². The second-order valence-electron chi connectivity index (χ2n) is 11.3. The van der Waals surface area contributed by atoms with Gasteiger partial charge in [-0.1, -0.05) is 54.6 Å². The fourth-order valence-corrected chi connectivity index (χ4v) is 7.57. The topological polar surface area (TPSA) is 78.5 Å². The van der Waals surface area contributed by atoms with Crippen molar-refractivity contribution in [3.63, 3.8) is 0 Å². The predicted octanol–water partition coefficient (Wildman–Crippen LogP) is 6.29. The summed E-state index contributed by atoms with van der Waals surface area (Å²) in [5.41, 5.74) is 2.04. The second kappa shape index (κ2) is 13.9. The molecule has 1 fully saturated rings. The summed E-state index contributed by atoms with van der Waals surface area (Å²) < 4.78 is 71.2. The number of carbonyl (C=O) groups excluding carboxylic acids is 1. The van der Waals surface area contributed by atoms with Gasteiger partial charge in [0.1, 0.15) is 17.8 Å². The van der Waals surface area contributed by atoms with E-state index in [1.165, 1.54) is 34.6 Å². The van der Waals surface area contributed by atoms with E-state index in [1.807, 2.05) is 6.92 Å². The number of carbonyl (C=O) groups is 1. The molecule has 4 atom stereocenters. The number of alkyl halides is 1. The first-order chi connectivity index (χ1) is 21.1. The molecule has 3 aromatic carbocycles. The Morgan fingerprint density at radius 1 is 1.05 bits per heavy atom. The zero-order valence-corrected chi connectivity index (χ0v) is 25.2. The quantitative estimate of drug-likeness (QED) is 0.279. The molecule has 1 amide bonds. The number of rotatable bonds is 10. The van der Waals surface area contributed by atoms with Crippen LogP contribution in [0, 0.1) is 11.6 Å². The fourth-order valence-electron chi connectivity index (χ4n) is 5.81. The molecular weight excluding hydrogens is 587 g/mol. The van der Waals surface area contributed by atoms with Gasteiger partial charge in [0.05, 0.1) is 4.90 Å². The number of sulfonamides is 1. The van der Waals surface area contributed by atoms with Gasteiger partial charge in [-0.15, -0.1) is 0 Å². The van der Waals surface area contributed by atoms with E-state index >= 15 is 4.39 Å². The summed E-state index contributed by atoms with van der Waals surface area (Å²) in [7, 11) is -3.77. The van der Waals surface area contributed by atoms with Gasteiger partial charge in [-0.2, -0.15) is 4.31 Å². The molecule has 0 saturated carbocycles. The van der Waals surface area contributed by atoms with E-state index < -0.39 is 39.8 Å². The van der Waals surface area contributed by atoms with Gasteiger partial charge in [0.2, 0.25) is 15.9 Å². The number of nitrogens with one attached hydrogen (secondary N) is 2. The highest BCUT2D eigenvalue weighted by Gasteiger charge is 2.35. The van der Waals surface area contributed by atoms with Gasteiger partial charge in [-0.3, -0.25) is 4.79 Å². The van der Waals surface area contributed by atoms with Gasteiger partial charge < -0.3 is 10.6 Å². The molecule has 232 valence electrons. The molecule has 0 bridgehead atoms. The highest BCUT2D eigenvalue weighted by Crippen LogP contribution is 2.33. The van der Waals surface area contributed by atoms with E-state index in [0.717, 1.165) is 5.57 Å². The van der Waals surface area contributed by atoms with E-state index in [1.54, 1.807) is 60.7 Å². The molecule has 0 aromatic heterocycles. The molecule has 1 heterocycles. The maximum atomic E-state index is 15.2. The van der Waals surface area contributed by atoms with Crippen molar-refractivity contribution in [2.45, 2.75) is 61.7 Å². The van der Waals surface area contributed by atoms with Crippen molar-refractivity contribution in [2.24, 2.45) is 0 Å². The van der Waals surface area contributed by atoms with E-state index in [-0.39, 0.29) is 48.2 Å². The van der Waals surface area contributed by atoms with Crippen LogP contribution in [0.15, 0.2) is 101 Å². The van der Waals surface area contributed by atoms with Crippen molar-refractivity contribution in [1.29, 1.82) is 0 Å². The second-order valence-corrected chi connectivity index (χ2v) is 13.2. The molecule has 44 heavy (non-hydrogen) atoms. The molecule has 10 heteroatoms. The summed E-state index contributed by atoms with van der Waals surface area (Å²) in [6.07, 6.45) is 4.42. The lowest BCUT2D eigenvalue weighted by molar-refractivity contribution is -0.116.